The predicted octanol–water partition coefficient (Wildman–Crippen LogP) is 8.48. The zero-order valence-electron chi connectivity index (χ0n) is 19.8. The fraction of sp³-hybridized carbons (Fsp3) is 0.552. The van der Waals surface area contributed by atoms with Crippen LogP contribution >= 0.6 is 0 Å². The van der Waals surface area contributed by atoms with Crippen LogP contribution in [0.2, 0.25) is 0 Å². The van der Waals surface area contributed by atoms with E-state index in [-0.39, 0.29) is 0 Å². The third-order valence-corrected chi connectivity index (χ3v) is 7.44. The number of ether oxygens (including phenoxy) is 2. The monoisotopic (exact) mass is 434 g/mol. The maximum Gasteiger partial charge on any atom is 0.519 e. The summed E-state index contributed by atoms with van der Waals surface area (Å²) in [6.07, 6.45) is 13.6. The normalized spacial score (nSPS) is 17.8. The van der Waals surface area contributed by atoms with Gasteiger partial charge in [0.25, 0.3) is 0 Å². The third-order valence-electron chi connectivity index (χ3n) is 7.44. The average Bonchev–Trinajstić information content (AvgIpc) is 2.85. The maximum atomic E-state index is 12.9. The third kappa shape index (κ3) is 5.54. The highest BCUT2D eigenvalue weighted by molar-refractivity contribution is 5.68. The fourth-order valence-corrected chi connectivity index (χ4v) is 5.49. The zero-order chi connectivity index (χ0) is 22.3. The van der Waals surface area contributed by atoms with Crippen molar-refractivity contribution in [1.29, 1.82) is 0 Å². The van der Waals surface area contributed by atoms with Crippen LogP contribution in [0.5, 0.6) is 11.5 Å². The molecule has 0 aromatic heterocycles. The summed E-state index contributed by atoms with van der Waals surface area (Å²) in [5.41, 5.74) is 4.94. The summed E-state index contributed by atoms with van der Waals surface area (Å²) in [6.45, 7) is 4.34. The first-order valence-corrected chi connectivity index (χ1v) is 12.8. The van der Waals surface area contributed by atoms with Crippen molar-refractivity contribution in [3.8, 4) is 11.5 Å². The number of hydrogen-bond acceptors (Lipinski definition) is 3. The van der Waals surface area contributed by atoms with E-state index in [1.54, 1.807) is 0 Å². The number of rotatable bonds is 6. The molecular formula is C29H38O3. The molecular weight excluding hydrogens is 396 g/mol. The van der Waals surface area contributed by atoms with Crippen molar-refractivity contribution in [2.24, 2.45) is 0 Å². The molecule has 0 spiro atoms. The summed E-state index contributed by atoms with van der Waals surface area (Å²) in [5.74, 6) is 2.28. The second-order valence-corrected chi connectivity index (χ2v) is 9.58. The highest BCUT2D eigenvalue weighted by Gasteiger charge is 2.24. The molecule has 0 radical (unpaired) electrons. The van der Waals surface area contributed by atoms with Gasteiger partial charge in [0.15, 0.2) is 0 Å². The van der Waals surface area contributed by atoms with Crippen molar-refractivity contribution < 1.29 is 14.3 Å². The van der Waals surface area contributed by atoms with Gasteiger partial charge in [-0.25, -0.2) is 4.79 Å². The van der Waals surface area contributed by atoms with Gasteiger partial charge in [0.1, 0.15) is 11.5 Å². The van der Waals surface area contributed by atoms with E-state index in [0.29, 0.717) is 23.3 Å². The standard InChI is InChI=1S/C29H38O3/c1-3-21-15-17-27(25(19-21)23-11-7-5-8-12-23)31-29(30)32-28-18-16-22(4-2)20-26(28)24-13-9-6-10-14-24/h15-20,23-24H,3-14H2,1-2H3. The van der Waals surface area contributed by atoms with Crippen molar-refractivity contribution >= 4 is 6.16 Å². The van der Waals surface area contributed by atoms with Gasteiger partial charge < -0.3 is 9.47 Å². The Morgan fingerprint density at radius 1 is 0.688 bits per heavy atom. The Kier molecular flexibility index (Phi) is 7.89. The molecule has 172 valence electrons. The number of benzene rings is 2. The first-order chi connectivity index (χ1) is 15.7. The van der Waals surface area contributed by atoms with Crippen LogP contribution in [0.25, 0.3) is 0 Å². The van der Waals surface area contributed by atoms with Crippen molar-refractivity contribution in [2.45, 2.75) is 103 Å². The van der Waals surface area contributed by atoms with Crippen molar-refractivity contribution in [2.75, 3.05) is 0 Å². The van der Waals surface area contributed by atoms with E-state index in [0.717, 1.165) is 12.8 Å². The van der Waals surface area contributed by atoms with Gasteiger partial charge in [-0.05, 0) is 84.7 Å². The summed E-state index contributed by atoms with van der Waals surface area (Å²) >= 11 is 0. The van der Waals surface area contributed by atoms with Crippen molar-refractivity contribution in [1.82, 2.24) is 0 Å². The summed E-state index contributed by atoms with van der Waals surface area (Å²) in [5, 5.41) is 0. The number of aryl methyl sites for hydroxylation is 2. The Hall–Kier alpha value is -2.29. The second-order valence-electron chi connectivity index (χ2n) is 9.58. The van der Waals surface area contributed by atoms with Crippen molar-refractivity contribution in [3.63, 3.8) is 0 Å². The minimum atomic E-state index is -0.618. The SMILES string of the molecule is CCc1ccc(OC(=O)Oc2ccc(CC)cc2C2CCCCC2)c(C2CCCCC2)c1. The summed E-state index contributed by atoms with van der Waals surface area (Å²) in [7, 11) is 0. The van der Waals surface area contributed by atoms with Gasteiger partial charge in [-0.1, -0.05) is 76.6 Å². The van der Waals surface area contributed by atoms with Crippen LogP contribution in [0, 0.1) is 0 Å². The van der Waals surface area contributed by atoms with E-state index >= 15 is 0 Å². The lowest BCUT2D eigenvalue weighted by Crippen LogP contribution is -2.18. The molecule has 0 atom stereocenters. The Bertz CT molecular complexity index is 831. The van der Waals surface area contributed by atoms with E-state index in [1.807, 2.05) is 12.1 Å². The molecule has 0 bridgehead atoms. The van der Waals surface area contributed by atoms with E-state index < -0.39 is 6.16 Å². The van der Waals surface area contributed by atoms with Gasteiger partial charge in [0.05, 0.1) is 0 Å². The van der Waals surface area contributed by atoms with Crippen LogP contribution in [-0.4, -0.2) is 6.16 Å². The van der Waals surface area contributed by atoms with Gasteiger partial charge in [-0.3, -0.25) is 0 Å². The molecule has 2 aliphatic rings. The van der Waals surface area contributed by atoms with Gasteiger partial charge in [0.2, 0.25) is 0 Å². The molecule has 3 heteroatoms. The molecule has 2 saturated carbocycles. The van der Waals surface area contributed by atoms with E-state index in [1.165, 1.54) is 86.5 Å². The maximum absolute atomic E-state index is 12.9. The predicted molar refractivity (Wildman–Crippen MR) is 130 cm³/mol. The number of carbonyl (C=O) groups excluding carboxylic acids is 1. The van der Waals surface area contributed by atoms with Gasteiger partial charge in [0, 0.05) is 0 Å². The smallest absolute Gasteiger partial charge is 0.394 e. The van der Waals surface area contributed by atoms with Gasteiger partial charge in [-0.15, -0.1) is 0 Å². The van der Waals surface area contributed by atoms with Crippen LogP contribution < -0.4 is 9.47 Å². The van der Waals surface area contributed by atoms with Crippen LogP contribution in [-0.2, 0) is 12.8 Å². The summed E-state index contributed by atoms with van der Waals surface area (Å²) < 4.78 is 11.7. The van der Waals surface area contributed by atoms with Crippen LogP contribution in [0.3, 0.4) is 0 Å². The molecule has 0 aliphatic heterocycles. The van der Waals surface area contributed by atoms with E-state index in [9.17, 15) is 4.79 Å². The minimum absolute atomic E-state index is 0.472. The zero-order valence-corrected chi connectivity index (χ0v) is 19.8. The van der Waals surface area contributed by atoms with Gasteiger partial charge in [-0.2, -0.15) is 0 Å². The largest absolute Gasteiger partial charge is 0.519 e. The fourth-order valence-electron chi connectivity index (χ4n) is 5.49. The Labute approximate surface area is 193 Å². The molecule has 2 aromatic carbocycles. The quantitative estimate of drug-likeness (QED) is 0.338. The van der Waals surface area contributed by atoms with E-state index in [4.69, 9.17) is 9.47 Å². The van der Waals surface area contributed by atoms with Crippen LogP contribution in [0.15, 0.2) is 36.4 Å². The lowest BCUT2D eigenvalue weighted by molar-refractivity contribution is 0.150. The molecule has 0 saturated heterocycles. The molecule has 0 amide bonds. The first kappa shape index (κ1) is 22.9. The molecule has 2 aliphatic carbocycles. The minimum Gasteiger partial charge on any atom is -0.394 e. The Morgan fingerprint density at radius 3 is 1.47 bits per heavy atom. The Balaban J connectivity index is 1.54. The topological polar surface area (TPSA) is 35.5 Å². The Morgan fingerprint density at radius 2 is 1.09 bits per heavy atom. The first-order valence-electron chi connectivity index (χ1n) is 12.8. The lowest BCUT2D eigenvalue weighted by Gasteiger charge is -2.25. The molecule has 0 unspecified atom stereocenters. The summed E-state index contributed by atoms with van der Waals surface area (Å²) in [6, 6.07) is 12.5. The average molecular weight is 435 g/mol. The molecule has 4 rings (SSSR count). The van der Waals surface area contributed by atoms with Gasteiger partial charge >= 0.3 is 6.16 Å². The summed E-state index contributed by atoms with van der Waals surface area (Å²) in [4.78, 5) is 12.9. The van der Waals surface area contributed by atoms with E-state index in [2.05, 4.69) is 38.1 Å². The highest BCUT2D eigenvalue weighted by Crippen LogP contribution is 2.40. The van der Waals surface area contributed by atoms with Crippen molar-refractivity contribution in [3.05, 3.63) is 58.7 Å². The molecule has 3 nitrogen and oxygen atoms in total. The second kappa shape index (κ2) is 11.0. The van der Waals surface area contributed by atoms with Crippen LogP contribution in [0.1, 0.15) is 112 Å². The number of carbonyl (C=O) groups is 1. The molecule has 0 heterocycles. The highest BCUT2D eigenvalue weighted by atomic mass is 16.7. The molecule has 32 heavy (non-hydrogen) atoms. The molecule has 2 aromatic rings. The molecule has 0 N–H and O–H groups in total. The molecule has 2 fully saturated rings. The van der Waals surface area contributed by atoms with Crippen LogP contribution in [0.4, 0.5) is 4.79 Å². The number of hydrogen-bond donors (Lipinski definition) is 0. The lowest BCUT2D eigenvalue weighted by atomic mass is 9.83.